The van der Waals surface area contributed by atoms with Gasteiger partial charge in [0, 0.05) is 18.7 Å². The highest BCUT2D eigenvalue weighted by atomic mass is 16.6. The van der Waals surface area contributed by atoms with E-state index in [-0.39, 0.29) is 5.97 Å². The van der Waals surface area contributed by atoms with Gasteiger partial charge >= 0.3 is 5.97 Å². The summed E-state index contributed by atoms with van der Waals surface area (Å²) in [4.78, 5) is 15.9. The van der Waals surface area contributed by atoms with Crippen molar-refractivity contribution in [2.45, 2.75) is 65.4 Å². The summed E-state index contributed by atoms with van der Waals surface area (Å²) in [6.45, 7) is 8.42. The quantitative estimate of drug-likeness (QED) is 0.328. The fourth-order valence-electron chi connectivity index (χ4n) is 2.16. The molecule has 0 atom stereocenters. The number of anilines is 1. The number of guanidine groups is 1. The second kappa shape index (κ2) is 9.96. The molecule has 0 spiro atoms. The van der Waals surface area contributed by atoms with E-state index in [0.717, 1.165) is 31.4 Å². The molecule has 0 fully saturated rings. The normalized spacial score (nSPS) is 12.1. The second-order valence-electron chi connectivity index (χ2n) is 6.84. The lowest BCUT2D eigenvalue weighted by Gasteiger charge is -2.19. The number of unbranched alkanes of at least 4 members (excludes halogenated alkanes) is 2. The maximum absolute atomic E-state index is 11.6. The summed E-state index contributed by atoms with van der Waals surface area (Å²) >= 11 is 0. The molecule has 134 valence electrons. The van der Waals surface area contributed by atoms with Crippen molar-refractivity contribution >= 4 is 17.6 Å². The van der Waals surface area contributed by atoms with Crippen LogP contribution >= 0.6 is 0 Å². The number of aryl methyl sites for hydroxylation is 1. The number of rotatable bonds is 8. The fourth-order valence-corrected chi connectivity index (χ4v) is 2.16. The van der Waals surface area contributed by atoms with Gasteiger partial charge in [-0.25, -0.2) is 0 Å². The molecule has 0 radical (unpaired) electrons. The summed E-state index contributed by atoms with van der Waals surface area (Å²) < 4.78 is 5.27. The average Bonchev–Trinajstić information content (AvgIpc) is 2.49. The lowest BCUT2D eigenvalue weighted by Crippen LogP contribution is -2.23. The largest absolute Gasteiger partial charge is 0.460 e. The minimum Gasteiger partial charge on any atom is -0.460 e. The second-order valence-corrected chi connectivity index (χ2v) is 6.84. The first-order chi connectivity index (χ1) is 11.3. The average molecular weight is 333 g/mol. The minimum absolute atomic E-state index is 0.136. The lowest BCUT2D eigenvalue weighted by atomic mass is 10.1. The Morgan fingerprint density at radius 2 is 1.83 bits per heavy atom. The number of nitrogens with one attached hydrogen (secondary N) is 1. The molecule has 0 aromatic heterocycles. The predicted octanol–water partition coefficient (Wildman–Crippen LogP) is 3.88. The van der Waals surface area contributed by atoms with E-state index in [9.17, 15) is 4.79 Å². The monoisotopic (exact) mass is 333 g/mol. The van der Waals surface area contributed by atoms with Crippen LogP contribution in [0.3, 0.4) is 0 Å². The van der Waals surface area contributed by atoms with Gasteiger partial charge in [0.1, 0.15) is 5.60 Å². The zero-order valence-corrected chi connectivity index (χ0v) is 15.4. The Balaban J connectivity index is 2.18. The van der Waals surface area contributed by atoms with Gasteiger partial charge in [0.25, 0.3) is 0 Å². The third-order valence-electron chi connectivity index (χ3n) is 3.38. The molecule has 1 aromatic rings. The minimum atomic E-state index is -0.406. The van der Waals surface area contributed by atoms with Gasteiger partial charge in [-0.3, -0.25) is 9.79 Å². The third-order valence-corrected chi connectivity index (χ3v) is 3.38. The van der Waals surface area contributed by atoms with Crippen LogP contribution in [0.2, 0.25) is 0 Å². The molecule has 0 amide bonds. The van der Waals surface area contributed by atoms with E-state index >= 15 is 0 Å². The van der Waals surface area contributed by atoms with Crippen molar-refractivity contribution in [2.24, 2.45) is 10.7 Å². The molecule has 1 rings (SSSR count). The summed E-state index contributed by atoms with van der Waals surface area (Å²) in [5, 5.41) is 3.08. The molecule has 24 heavy (non-hydrogen) atoms. The van der Waals surface area contributed by atoms with E-state index < -0.39 is 5.60 Å². The summed E-state index contributed by atoms with van der Waals surface area (Å²) in [6.07, 6.45) is 4.13. The molecule has 0 saturated carbocycles. The number of esters is 1. The molecule has 0 aliphatic rings. The zero-order valence-electron chi connectivity index (χ0n) is 15.4. The maximum Gasteiger partial charge on any atom is 0.306 e. The molecule has 1 aromatic carbocycles. The van der Waals surface area contributed by atoms with Crippen LogP contribution in [0.4, 0.5) is 5.69 Å². The molecule has 0 heterocycles. The topological polar surface area (TPSA) is 76.7 Å². The van der Waals surface area contributed by atoms with Crippen LogP contribution in [-0.4, -0.2) is 24.1 Å². The molecule has 0 aliphatic carbocycles. The Kier molecular flexibility index (Phi) is 8.30. The first-order valence-corrected chi connectivity index (χ1v) is 8.68. The summed E-state index contributed by atoms with van der Waals surface area (Å²) in [5.74, 6) is 0.286. The number of carbonyl (C=O) groups is 1. The van der Waals surface area contributed by atoms with Gasteiger partial charge in [0.05, 0.1) is 0 Å². The maximum atomic E-state index is 11.6. The molecule has 5 heteroatoms. The van der Waals surface area contributed by atoms with Gasteiger partial charge in [-0.05, 0) is 57.7 Å². The zero-order chi connectivity index (χ0) is 18.0. The SMILES string of the molecule is CCc1ccc(NC(N)=NCCCCCC(=O)OC(C)(C)C)cc1. The molecule has 0 bridgehead atoms. The van der Waals surface area contributed by atoms with Crippen molar-refractivity contribution in [3.05, 3.63) is 29.8 Å². The number of ether oxygens (including phenoxy) is 1. The lowest BCUT2D eigenvalue weighted by molar-refractivity contribution is -0.154. The van der Waals surface area contributed by atoms with E-state index in [2.05, 4.69) is 29.4 Å². The molecule has 0 unspecified atom stereocenters. The van der Waals surface area contributed by atoms with Crippen molar-refractivity contribution in [1.82, 2.24) is 0 Å². The highest BCUT2D eigenvalue weighted by Gasteiger charge is 2.15. The van der Waals surface area contributed by atoms with Crippen LogP contribution in [0.1, 0.15) is 58.9 Å². The van der Waals surface area contributed by atoms with Gasteiger partial charge in [0.15, 0.2) is 5.96 Å². The fraction of sp³-hybridized carbons (Fsp3) is 0.579. The molecule has 3 N–H and O–H groups in total. The molecule has 5 nitrogen and oxygen atoms in total. The van der Waals surface area contributed by atoms with Crippen LogP contribution in [-0.2, 0) is 16.0 Å². The van der Waals surface area contributed by atoms with E-state index in [4.69, 9.17) is 10.5 Å². The number of hydrogen-bond donors (Lipinski definition) is 2. The van der Waals surface area contributed by atoms with Gasteiger partial charge in [-0.15, -0.1) is 0 Å². The first kappa shape index (κ1) is 20.0. The summed E-state index contributed by atoms with van der Waals surface area (Å²) in [7, 11) is 0. The van der Waals surface area contributed by atoms with Gasteiger partial charge in [0.2, 0.25) is 0 Å². The Bertz CT molecular complexity index is 531. The molecular weight excluding hydrogens is 302 g/mol. The number of carbonyl (C=O) groups excluding carboxylic acids is 1. The van der Waals surface area contributed by atoms with Crippen molar-refractivity contribution < 1.29 is 9.53 Å². The third kappa shape index (κ3) is 9.18. The predicted molar refractivity (Wildman–Crippen MR) is 100 cm³/mol. The Hall–Kier alpha value is -2.04. The summed E-state index contributed by atoms with van der Waals surface area (Å²) in [6, 6.07) is 8.16. The van der Waals surface area contributed by atoms with Crippen LogP contribution in [0.25, 0.3) is 0 Å². The van der Waals surface area contributed by atoms with Crippen molar-refractivity contribution in [3.8, 4) is 0 Å². The van der Waals surface area contributed by atoms with E-state index in [0.29, 0.717) is 18.9 Å². The Morgan fingerprint density at radius 1 is 1.17 bits per heavy atom. The van der Waals surface area contributed by atoms with Gasteiger partial charge in [-0.1, -0.05) is 25.5 Å². The van der Waals surface area contributed by atoms with Crippen LogP contribution < -0.4 is 11.1 Å². The highest BCUT2D eigenvalue weighted by molar-refractivity contribution is 5.92. The van der Waals surface area contributed by atoms with E-state index in [1.54, 1.807) is 0 Å². The van der Waals surface area contributed by atoms with E-state index in [1.807, 2.05) is 32.9 Å². The summed E-state index contributed by atoms with van der Waals surface area (Å²) in [5.41, 5.74) is 7.70. The Morgan fingerprint density at radius 3 is 2.42 bits per heavy atom. The first-order valence-electron chi connectivity index (χ1n) is 8.68. The van der Waals surface area contributed by atoms with Crippen molar-refractivity contribution in [1.29, 1.82) is 0 Å². The number of nitrogens with zero attached hydrogens (tertiary/aromatic N) is 1. The molecule has 0 aliphatic heterocycles. The highest BCUT2D eigenvalue weighted by Crippen LogP contribution is 2.11. The van der Waals surface area contributed by atoms with Crippen LogP contribution in [0.5, 0.6) is 0 Å². The molecular formula is C19H31N3O2. The number of nitrogens with two attached hydrogens (primary N) is 1. The van der Waals surface area contributed by atoms with E-state index in [1.165, 1.54) is 5.56 Å². The van der Waals surface area contributed by atoms with Gasteiger partial charge < -0.3 is 15.8 Å². The standard InChI is InChI=1S/C19H31N3O2/c1-5-15-10-12-16(13-11-15)22-18(20)21-14-8-6-7-9-17(23)24-19(2,3)4/h10-13H,5-9,14H2,1-4H3,(H3,20,21,22). The van der Waals surface area contributed by atoms with Gasteiger partial charge in [-0.2, -0.15) is 0 Å². The smallest absolute Gasteiger partial charge is 0.306 e. The van der Waals surface area contributed by atoms with Crippen LogP contribution in [0, 0.1) is 0 Å². The number of benzene rings is 1. The Labute approximate surface area is 145 Å². The molecule has 0 saturated heterocycles. The number of aliphatic imine (C=N–C) groups is 1. The van der Waals surface area contributed by atoms with Crippen LogP contribution in [0.15, 0.2) is 29.3 Å². The van der Waals surface area contributed by atoms with Crippen molar-refractivity contribution in [2.75, 3.05) is 11.9 Å². The number of hydrogen-bond acceptors (Lipinski definition) is 3. The van der Waals surface area contributed by atoms with Crippen molar-refractivity contribution in [3.63, 3.8) is 0 Å².